The molecular formula is C15H18N2S. The number of aromatic nitrogens is 2. The summed E-state index contributed by atoms with van der Waals surface area (Å²) in [4.78, 5) is 7.77. The molecule has 0 fully saturated rings. The Morgan fingerprint density at radius 1 is 1.06 bits per heavy atom. The van der Waals surface area contributed by atoms with Gasteiger partial charge in [-0.1, -0.05) is 41.5 Å². The van der Waals surface area contributed by atoms with Crippen LogP contribution in [-0.4, -0.2) is 9.97 Å². The van der Waals surface area contributed by atoms with Crippen molar-refractivity contribution in [1.82, 2.24) is 9.97 Å². The molecule has 1 N–H and O–H groups in total. The molecule has 3 heteroatoms. The fraction of sp³-hybridized carbons (Fsp3) is 0.333. The summed E-state index contributed by atoms with van der Waals surface area (Å²) in [5, 5.41) is 0. The molecular weight excluding hydrogens is 240 g/mol. The lowest BCUT2D eigenvalue weighted by atomic mass is 10.0. The number of aromatic amines is 1. The summed E-state index contributed by atoms with van der Waals surface area (Å²) >= 11 is 5.26. The number of hydrogen-bond donors (Lipinski definition) is 1. The minimum atomic E-state index is 0.700. The molecule has 0 radical (unpaired) electrons. The summed E-state index contributed by atoms with van der Waals surface area (Å²) in [6.45, 7) is 8.28. The van der Waals surface area contributed by atoms with Crippen molar-refractivity contribution in [2.75, 3.05) is 0 Å². The van der Waals surface area contributed by atoms with E-state index >= 15 is 0 Å². The Balaban J connectivity index is 2.37. The Labute approximate surface area is 113 Å². The van der Waals surface area contributed by atoms with E-state index in [0.717, 1.165) is 23.5 Å². The van der Waals surface area contributed by atoms with Gasteiger partial charge in [0, 0.05) is 17.7 Å². The van der Waals surface area contributed by atoms with E-state index in [0.29, 0.717) is 4.64 Å². The van der Waals surface area contributed by atoms with Crippen LogP contribution in [0.25, 0.3) is 0 Å². The van der Waals surface area contributed by atoms with Crippen molar-refractivity contribution < 1.29 is 0 Å². The summed E-state index contributed by atoms with van der Waals surface area (Å²) < 4.78 is 0.700. The van der Waals surface area contributed by atoms with Crippen LogP contribution in [0.15, 0.2) is 18.2 Å². The second-order valence-electron chi connectivity index (χ2n) is 4.91. The molecule has 0 aliphatic rings. The molecule has 0 spiro atoms. The smallest absolute Gasteiger partial charge is 0.132 e. The highest BCUT2D eigenvalue weighted by Crippen LogP contribution is 2.13. The molecule has 1 aromatic heterocycles. The SMILES string of the molecule is Cc1cc(C)cc(Cc2nc(=S)c(C)c(C)[nH]2)c1. The van der Waals surface area contributed by atoms with E-state index in [1.54, 1.807) is 0 Å². The van der Waals surface area contributed by atoms with Gasteiger partial charge in [0.25, 0.3) is 0 Å². The predicted octanol–water partition coefficient (Wildman–Crippen LogP) is 3.96. The topological polar surface area (TPSA) is 28.7 Å². The summed E-state index contributed by atoms with van der Waals surface area (Å²) in [6, 6.07) is 6.57. The highest BCUT2D eigenvalue weighted by molar-refractivity contribution is 7.71. The van der Waals surface area contributed by atoms with E-state index in [1.807, 2.05) is 13.8 Å². The van der Waals surface area contributed by atoms with Crippen molar-refractivity contribution in [2.24, 2.45) is 0 Å². The van der Waals surface area contributed by atoms with Crippen LogP contribution in [-0.2, 0) is 6.42 Å². The van der Waals surface area contributed by atoms with E-state index < -0.39 is 0 Å². The molecule has 0 aliphatic heterocycles. The molecule has 1 aromatic carbocycles. The normalized spacial score (nSPS) is 10.7. The maximum absolute atomic E-state index is 5.26. The second kappa shape index (κ2) is 5.02. The lowest BCUT2D eigenvalue weighted by Crippen LogP contribution is -2.01. The molecule has 18 heavy (non-hydrogen) atoms. The molecule has 2 aromatic rings. The lowest BCUT2D eigenvalue weighted by molar-refractivity contribution is 0.916. The van der Waals surface area contributed by atoms with Gasteiger partial charge in [-0.25, -0.2) is 4.98 Å². The molecule has 1 heterocycles. The molecule has 0 saturated carbocycles. The first kappa shape index (κ1) is 13.0. The van der Waals surface area contributed by atoms with Crippen LogP contribution in [0, 0.1) is 32.3 Å². The van der Waals surface area contributed by atoms with Crippen LogP contribution < -0.4 is 0 Å². The van der Waals surface area contributed by atoms with Crippen molar-refractivity contribution in [3.63, 3.8) is 0 Å². The van der Waals surface area contributed by atoms with E-state index in [9.17, 15) is 0 Å². The van der Waals surface area contributed by atoms with Crippen molar-refractivity contribution in [2.45, 2.75) is 34.1 Å². The standard InChI is InChI=1S/C15H18N2S/c1-9-5-10(2)7-13(6-9)8-14-16-12(4)11(3)15(18)17-14/h5-7H,8H2,1-4H3,(H,16,17,18). The zero-order chi connectivity index (χ0) is 13.3. The minimum absolute atomic E-state index is 0.700. The van der Waals surface area contributed by atoms with Crippen molar-refractivity contribution in [1.29, 1.82) is 0 Å². The van der Waals surface area contributed by atoms with Gasteiger partial charge in [-0.05, 0) is 33.3 Å². The van der Waals surface area contributed by atoms with Crippen LogP contribution in [0.1, 0.15) is 33.8 Å². The fourth-order valence-corrected chi connectivity index (χ4v) is 2.42. The van der Waals surface area contributed by atoms with Gasteiger partial charge in [0.2, 0.25) is 0 Å². The first-order valence-electron chi connectivity index (χ1n) is 6.09. The quantitative estimate of drug-likeness (QED) is 0.826. The number of benzene rings is 1. The summed E-state index contributed by atoms with van der Waals surface area (Å²) in [7, 11) is 0. The molecule has 0 amide bonds. The van der Waals surface area contributed by atoms with Crippen molar-refractivity contribution in [3.05, 3.63) is 56.6 Å². The predicted molar refractivity (Wildman–Crippen MR) is 77.6 cm³/mol. The van der Waals surface area contributed by atoms with Crippen LogP contribution in [0.4, 0.5) is 0 Å². The fourth-order valence-electron chi connectivity index (χ4n) is 2.15. The Morgan fingerprint density at radius 3 is 2.22 bits per heavy atom. The maximum Gasteiger partial charge on any atom is 0.132 e. The largest absolute Gasteiger partial charge is 0.347 e. The summed E-state index contributed by atoms with van der Waals surface area (Å²) in [5.74, 6) is 0.938. The summed E-state index contributed by atoms with van der Waals surface area (Å²) in [6.07, 6.45) is 0.799. The Hall–Kier alpha value is -1.48. The van der Waals surface area contributed by atoms with Crippen LogP contribution in [0.5, 0.6) is 0 Å². The average molecular weight is 258 g/mol. The zero-order valence-electron chi connectivity index (χ0n) is 11.3. The third kappa shape index (κ3) is 2.85. The Kier molecular flexibility index (Phi) is 3.62. The van der Waals surface area contributed by atoms with Gasteiger partial charge in [-0.2, -0.15) is 0 Å². The first-order valence-corrected chi connectivity index (χ1v) is 6.50. The van der Waals surface area contributed by atoms with E-state index in [1.165, 1.54) is 16.7 Å². The number of nitrogens with one attached hydrogen (secondary N) is 1. The Morgan fingerprint density at radius 2 is 1.67 bits per heavy atom. The molecule has 2 rings (SSSR count). The molecule has 0 bridgehead atoms. The molecule has 0 aliphatic carbocycles. The van der Waals surface area contributed by atoms with Gasteiger partial charge in [0.1, 0.15) is 10.5 Å². The van der Waals surface area contributed by atoms with Gasteiger partial charge in [-0.15, -0.1) is 0 Å². The lowest BCUT2D eigenvalue weighted by Gasteiger charge is -2.07. The van der Waals surface area contributed by atoms with Crippen molar-refractivity contribution >= 4 is 12.2 Å². The molecule has 2 nitrogen and oxygen atoms in total. The van der Waals surface area contributed by atoms with Gasteiger partial charge in [0.15, 0.2) is 0 Å². The number of nitrogens with zero attached hydrogens (tertiary/aromatic N) is 1. The monoisotopic (exact) mass is 258 g/mol. The van der Waals surface area contributed by atoms with Gasteiger partial charge < -0.3 is 4.98 Å². The highest BCUT2D eigenvalue weighted by atomic mass is 32.1. The maximum atomic E-state index is 5.26. The van der Waals surface area contributed by atoms with E-state index in [2.05, 4.69) is 42.0 Å². The number of rotatable bonds is 2. The van der Waals surface area contributed by atoms with Crippen LogP contribution in [0.3, 0.4) is 0 Å². The van der Waals surface area contributed by atoms with Gasteiger partial charge in [0.05, 0.1) is 0 Å². The highest BCUT2D eigenvalue weighted by Gasteiger charge is 2.03. The zero-order valence-corrected chi connectivity index (χ0v) is 12.1. The average Bonchev–Trinajstić information content (AvgIpc) is 2.24. The Bertz CT molecular complexity index is 621. The summed E-state index contributed by atoms with van der Waals surface area (Å²) in [5.41, 5.74) is 6.01. The number of hydrogen-bond acceptors (Lipinski definition) is 2. The third-order valence-corrected chi connectivity index (χ3v) is 3.50. The molecule has 94 valence electrons. The van der Waals surface area contributed by atoms with Crippen LogP contribution in [0.2, 0.25) is 0 Å². The van der Waals surface area contributed by atoms with E-state index in [-0.39, 0.29) is 0 Å². The first-order chi connectivity index (χ1) is 8.45. The van der Waals surface area contributed by atoms with Crippen molar-refractivity contribution in [3.8, 4) is 0 Å². The van der Waals surface area contributed by atoms with Gasteiger partial charge >= 0.3 is 0 Å². The number of aryl methyl sites for hydroxylation is 3. The minimum Gasteiger partial charge on any atom is -0.347 e. The molecule has 0 unspecified atom stereocenters. The van der Waals surface area contributed by atoms with E-state index in [4.69, 9.17) is 12.2 Å². The third-order valence-electron chi connectivity index (χ3n) is 3.10. The second-order valence-corrected chi connectivity index (χ2v) is 5.30. The van der Waals surface area contributed by atoms with Crippen LogP contribution >= 0.6 is 12.2 Å². The van der Waals surface area contributed by atoms with Gasteiger partial charge in [-0.3, -0.25) is 0 Å². The molecule has 0 saturated heterocycles. The number of H-pyrrole nitrogens is 1. The molecule has 0 atom stereocenters.